The van der Waals surface area contributed by atoms with Gasteiger partial charge in [0.2, 0.25) is 0 Å². The number of hydrogen-bond acceptors (Lipinski definition) is 4. The van der Waals surface area contributed by atoms with Crippen molar-refractivity contribution in [3.8, 4) is 0 Å². The average Bonchev–Trinajstić information content (AvgIpc) is 2.99. The number of hydrogen-bond donors (Lipinski definition) is 1. The smallest absolute Gasteiger partial charge is 0.306 e. The van der Waals surface area contributed by atoms with Gasteiger partial charge in [-0.25, -0.2) is 0 Å². The first-order valence-electron chi connectivity index (χ1n) is 6.68. The molecular weight excluding hydrogens is 270 g/mol. The van der Waals surface area contributed by atoms with Gasteiger partial charge in [-0.1, -0.05) is 18.2 Å². The minimum Gasteiger partial charge on any atom is -0.469 e. The highest BCUT2D eigenvalue weighted by atomic mass is 16.5. The molecule has 0 saturated heterocycles. The van der Waals surface area contributed by atoms with Crippen molar-refractivity contribution in [3.05, 3.63) is 54.0 Å². The number of benzene rings is 1. The van der Waals surface area contributed by atoms with Crippen LogP contribution in [0.3, 0.4) is 0 Å². The predicted molar refractivity (Wildman–Crippen MR) is 77.8 cm³/mol. The summed E-state index contributed by atoms with van der Waals surface area (Å²) in [6, 6.07) is 11.0. The predicted octanol–water partition coefficient (Wildman–Crippen LogP) is 2.70. The first kappa shape index (κ1) is 14.8. The molecule has 5 heteroatoms. The molecule has 1 heterocycles. The second kappa shape index (κ2) is 7.28. The van der Waals surface area contributed by atoms with E-state index in [2.05, 4.69) is 5.32 Å². The van der Waals surface area contributed by atoms with Crippen LogP contribution in [0.2, 0.25) is 0 Å². The van der Waals surface area contributed by atoms with Crippen LogP contribution in [0, 0.1) is 6.92 Å². The van der Waals surface area contributed by atoms with E-state index in [4.69, 9.17) is 9.15 Å². The second-order valence-corrected chi connectivity index (χ2v) is 4.60. The summed E-state index contributed by atoms with van der Waals surface area (Å²) in [5, 5.41) is 2.70. The highest BCUT2D eigenvalue weighted by molar-refractivity contribution is 5.93. The van der Waals surface area contributed by atoms with Gasteiger partial charge in [0.15, 0.2) is 6.61 Å². The first-order valence-corrected chi connectivity index (χ1v) is 6.68. The second-order valence-electron chi connectivity index (χ2n) is 4.60. The summed E-state index contributed by atoms with van der Waals surface area (Å²) in [6.07, 6.45) is 2.20. The highest BCUT2D eigenvalue weighted by Gasteiger charge is 2.09. The van der Waals surface area contributed by atoms with Crippen LogP contribution >= 0.6 is 0 Å². The van der Waals surface area contributed by atoms with E-state index in [-0.39, 0.29) is 18.9 Å². The lowest BCUT2D eigenvalue weighted by atomic mass is 10.2. The number of ether oxygens (including phenoxy) is 1. The quantitative estimate of drug-likeness (QED) is 0.829. The number of furan rings is 1. The van der Waals surface area contributed by atoms with Crippen LogP contribution in [-0.4, -0.2) is 18.5 Å². The maximum Gasteiger partial charge on any atom is 0.306 e. The number of nitrogens with one attached hydrogen (secondary N) is 1. The van der Waals surface area contributed by atoms with Crippen LogP contribution in [0.1, 0.15) is 17.7 Å². The number of esters is 1. The van der Waals surface area contributed by atoms with E-state index in [1.807, 2.05) is 25.1 Å². The fourth-order valence-electron chi connectivity index (χ4n) is 1.80. The Morgan fingerprint density at radius 3 is 2.71 bits per heavy atom. The van der Waals surface area contributed by atoms with E-state index in [0.29, 0.717) is 12.1 Å². The van der Waals surface area contributed by atoms with Gasteiger partial charge in [0.1, 0.15) is 5.76 Å². The van der Waals surface area contributed by atoms with E-state index in [1.165, 1.54) is 0 Å². The summed E-state index contributed by atoms with van der Waals surface area (Å²) in [6.45, 7) is 1.61. The molecule has 0 aliphatic heterocycles. The molecule has 0 aliphatic carbocycles. The molecule has 110 valence electrons. The summed E-state index contributed by atoms with van der Waals surface area (Å²) in [4.78, 5) is 23.2. The van der Waals surface area contributed by atoms with Crippen molar-refractivity contribution >= 4 is 17.6 Å². The van der Waals surface area contributed by atoms with Crippen LogP contribution in [-0.2, 0) is 20.7 Å². The van der Waals surface area contributed by atoms with Gasteiger partial charge in [0.05, 0.1) is 12.7 Å². The summed E-state index contributed by atoms with van der Waals surface area (Å²) in [7, 11) is 0. The third-order valence-electron chi connectivity index (χ3n) is 2.94. The zero-order chi connectivity index (χ0) is 15.1. The number of carbonyl (C=O) groups excluding carboxylic acids is 2. The summed E-state index contributed by atoms with van der Waals surface area (Å²) in [5.74, 6) is -0.0571. The number of carbonyl (C=O) groups is 2. The molecule has 2 aromatic rings. The normalized spacial score (nSPS) is 10.1. The van der Waals surface area contributed by atoms with E-state index in [9.17, 15) is 9.59 Å². The van der Waals surface area contributed by atoms with E-state index in [1.54, 1.807) is 24.5 Å². The Morgan fingerprint density at radius 2 is 2.00 bits per heavy atom. The Bertz CT molecular complexity index is 604. The third kappa shape index (κ3) is 4.80. The number of para-hydroxylation sites is 1. The van der Waals surface area contributed by atoms with Crippen LogP contribution < -0.4 is 5.32 Å². The molecule has 0 bridgehead atoms. The lowest BCUT2D eigenvalue weighted by Gasteiger charge is -2.08. The van der Waals surface area contributed by atoms with Gasteiger partial charge in [-0.3, -0.25) is 9.59 Å². The standard InChI is InChI=1S/C16H17NO4/c1-12-5-2-3-7-14(12)17-15(18)11-21-16(19)9-8-13-6-4-10-20-13/h2-7,10H,8-9,11H2,1H3,(H,17,18). The summed E-state index contributed by atoms with van der Waals surface area (Å²) >= 11 is 0. The molecule has 5 nitrogen and oxygen atoms in total. The summed E-state index contributed by atoms with van der Waals surface area (Å²) in [5.41, 5.74) is 1.67. The Kier molecular flexibility index (Phi) is 5.15. The van der Waals surface area contributed by atoms with Gasteiger partial charge >= 0.3 is 5.97 Å². The van der Waals surface area contributed by atoms with Crippen molar-refractivity contribution in [3.63, 3.8) is 0 Å². The zero-order valence-corrected chi connectivity index (χ0v) is 11.8. The van der Waals surface area contributed by atoms with Crippen molar-refractivity contribution in [2.24, 2.45) is 0 Å². The molecule has 0 atom stereocenters. The van der Waals surface area contributed by atoms with Gasteiger partial charge < -0.3 is 14.5 Å². The van der Waals surface area contributed by atoms with E-state index < -0.39 is 5.97 Å². The molecule has 2 rings (SSSR count). The number of amides is 1. The van der Waals surface area contributed by atoms with E-state index in [0.717, 1.165) is 11.3 Å². The molecule has 1 aromatic heterocycles. The van der Waals surface area contributed by atoms with Gasteiger partial charge in [-0.2, -0.15) is 0 Å². The number of rotatable bonds is 6. The first-order chi connectivity index (χ1) is 10.1. The molecule has 0 aliphatic rings. The lowest BCUT2D eigenvalue weighted by molar-refractivity contribution is -0.147. The molecule has 0 spiro atoms. The largest absolute Gasteiger partial charge is 0.469 e. The van der Waals surface area contributed by atoms with Crippen LogP contribution in [0.25, 0.3) is 0 Å². The lowest BCUT2D eigenvalue weighted by Crippen LogP contribution is -2.21. The SMILES string of the molecule is Cc1ccccc1NC(=O)COC(=O)CCc1ccco1. The van der Waals surface area contributed by atoms with Crippen molar-refractivity contribution in [2.75, 3.05) is 11.9 Å². The third-order valence-corrected chi connectivity index (χ3v) is 2.94. The molecule has 0 radical (unpaired) electrons. The topological polar surface area (TPSA) is 68.5 Å². The van der Waals surface area contributed by atoms with Crippen LogP contribution in [0.4, 0.5) is 5.69 Å². The maximum absolute atomic E-state index is 11.7. The summed E-state index contributed by atoms with van der Waals surface area (Å²) < 4.78 is 10.0. The minimum absolute atomic E-state index is 0.186. The highest BCUT2D eigenvalue weighted by Crippen LogP contribution is 2.12. The molecular formula is C16H17NO4. The Balaban J connectivity index is 1.71. The van der Waals surface area contributed by atoms with Gasteiger partial charge in [0, 0.05) is 12.1 Å². The molecule has 0 saturated carbocycles. The molecule has 1 N–H and O–H groups in total. The van der Waals surface area contributed by atoms with Gasteiger partial charge in [0.25, 0.3) is 5.91 Å². The Morgan fingerprint density at radius 1 is 1.19 bits per heavy atom. The molecule has 1 aromatic carbocycles. The Hall–Kier alpha value is -2.56. The van der Waals surface area contributed by atoms with Crippen molar-refractivity contribution in [1.29, 1.82) is 0 Å². The molecule has 21 heavy (non-hydrogen) atoms. The Labute approximate surface area is 122 Å². The van der Waals surface area contributed by atoms with Crippen molar-refractivity contribution in [2.45, 2.75) is 19.8 Å². The maximum atomic E-state index is 11.7. The fourth-order valence-corrected chi connectivity index (χ4v) is 1.80. The number of anilines is 1. The van der Waals surface area contributed by atoms with Crippen molar-refractivity contribution < 1.29 is 18.7 Å². The molecule has 0 unspecified atom stereocenters. The minimum atomic E-state index is -0.425. The zero-order valence-electron chi connectivity index (χ0n) is 11.8. The van der Waals surface area contributed by atoms with Crippen LogP contribution in [0.5, 0.6) is 0 Å². The monoisotopic (exact) mass is 287 g/mol. The molecule has 1 amide bonds. The van der Waals surface area contributed by atoms with E-state index >= 15 is 0 Å². The van der Waals surface area contributed by atoms with Gasteiger partial charge in [-0.05, 0) is 30.7 Å². The average molecular weight is 287 g/mol. The number of aryl methyl sites for hydroxylation is 2. The fraction of sp³-hybridized carbons (Fsp3) is 0.250. The molecule has 0 fully saturated rings. The van der Waals surface area contributed by atoms with Gasteiger partial charge in [-0.15, -0.1) is 0 Å². The van der Waals surface area contributed by atoms with Crippen LogP contribution in [0.15, 0.2) is 47.1 Å². The van der Waals surface area contributed by atoms with Crippen molar-refractivity contribution in [1.82, 2.24) is 0 Å².